The van der Waals surface area contributed by atoms with Crippen molar-refractivity contribution in [3.8, 4) is 5.75 Å². The van der Waals surface area contributed by atoms with E-state index < -0.39 is 21.0 Å². The molecule has 0 aliphatic heterocycles. The Morgan fingerprint density at radius 1 is 1.00 bits per heavy atom. The summed E-state index contributed by atoms with van der Waals surface area (Å²) >= 11 is 0. The lowest BCUT2D eigenvalue weighted by molar-refractivity contribution is 0.0728. The highest BCUT2D eigenvalue weighted by atomic mass is 32.2. The molecule has 130 valence electrons. The highest BCUT2D eigenvalue weighted by Crippen LogP contribution is 2.33. The summed E-state index contributed by atoms with van der Waals surface area (Å²) in [6.45, 7) is 6.84. The van der Waals surface area contributed by atoms with Gasteiger partial charge in [0.2, 0.25) is 0 Å². The topological polar surface area (TPSA) is 120 Å². The zero-order valence-corrected chi connectivity index (χ0v) is 15.2. The molecule has 7 heteroatoms. The van der Waals surface area contributed by atoms with E-state index in [1.807, 2.05) is 0 Å². The summed E-state index contributed by atoms with van der Waals surface area (Å²) in [6, 6.07) is 8.03. The molecule has 0 saturated heterocycles. The largest absolute Gasteiger partial charge is 0.744 e. The van der Waals surface area contributed by atoms with Crippen LogP contribution in [-0.2, 0) is 10.1 Å². The van der Waals surface area contributed by atoms with E-state index in [1.165, 1.54) is 6.07 Å². The third kappa shape index (κ3) is 3.81. The van der Waals surface area contributed by atoms with Gasteiger partial charge in [-0.15, -0.1) is 0 Å². The fourth-order valence-electron chi connectivity index (χ4n) is 2.28. The fourth-order valence-corrected chi connectivity index (χ4v) is 3.03. The van der Waals surface area contributed by atoms with Crippen LogP contribution in [0.25, 0.3) is 0 Å². The lowest BCUT2D eigenvalue weighted by atomic mass is 10.0. The summed E-state index contributed by atoms with van der Waals surface area (Å²) in [5.74, 6) is -0.893. The summed E-state index contributed by atoms with van der Waals surface area (Å²) in [5.41, 5.74) is 2.89. The highest BCUT2D eigenvalue weighted by molar-refractivity contribution is 7.85. The fraction of sp³-hybridized carbons (Fsp3) is 0.235. The third-order valence-electron chi connectivity index (χ3n) is 3.90. The Morgan fingerprint density at radius 2 is 1.58 bits per heavy atom. The molecule has 0 heterocycles. The van der Waals surface area contributed by atoms with Gasteiger partial charge in [0.25, 0.3) is 0 Å². The van der Waals surface area contributed by atoms with Gasteiger partial charge < -0.3 is 15.4 Å². The molecular weight excluding hydrogens is 330 g/mol. The van der Waals surface area contributed by atoms with Crippen LogP contribution in [0.15, 0.2) is 35.2 Å². The van der Waals surface area contributed by atoms with Crippen molar-refractivity contribution in [2.24, 2.45) is 0 Å². The van der Waals surface area contributed by atoms with Crippen LogP contribution < -0.4 is 10.9 Å². The van der Waals surface area contributed by atoms with E-state index >= 15 is 0 Å². The van der Waals surface area contributed by atoms with Crippen molar-refractivity contribution in [2.45, 2.75) is 32.6 Å². The SMILES string of the molecule is Cc1ccccc1C(=O)Oc1c(S(=O)(=O)[O-])cc(C)c(C)c1C.[NH4+]. The van der Waals surface area contributed by atoms with Crippen LogP contribution in [-0.4, -0.2) is 18.9 Å². The minimum Gasteiger partial charge on any atom is -0.744 e. The number of benzene rings is 2. The quantitative estimate of drug-likeness (QED) is 0.516. The molecule has 0 aromatic heterocycles. The van der Waals surface area contributed by atoms with Crippen LogP contribution in [0, 0.1) is 27.7 Å². The molecule has 2 aromatic carbocycles. The van der Waals surface area contributed by atoms with Gasteiger partial charge in [0.1, 0.15) is 10.1 Å². The Hall–Kier alpha value is -2.22. The van der Waals surface area contributed by atoms with Crippen LogP contribution in [0.1, 0.15) is 32.6 Å². The molecule has 24 heavy (non-hydrogen) atoms. The molecule has 0 aliphatic rings. The molecule has 0 spiro atoms. The Morgan fingerprint density at radius 3 is 2.12 bits per heavy atom. The third-order valence-corrected chi connectivity index (χ3v) is 4.74. The van der Waals surface area contributed by atoms with E-state index in [0.717, 1.165) is 5.56 Å². The lowest BCUT2D eigenvalue weighted by Crippen LogP contribution is -2.14. The van der Waals surface area contributed by atoms with E-state index in [9.17, 15) is 17.8 Å². The summed E-state index contributed by atoms with van der Waals surface area (Å²) in [6.07, 6.45) is 0. The summed E-state index contributed by atoms with van der Waals surface area (Å²) in [4.78, 5) is 11.8. The molecule has 0 radical (unpaired) electrons. The summed E-state index contributed by atoms with van der Waals surface area (Å²) < 4.78 is 39.8. The number of esters is 1. The first-order chi connectivity index (χ1) is 10.6. The Bertz CT molecular complexity index is 888. The molecule has 0 saturated carbocycles. The molecule has 2 rings (SSSR count). The number of rotatable bonds is 3. The van der Waals surface area contributed by atoms with E-state index in [0.29, 0.717) is 22.3 Å². The molecule has 0 unspecified atom stereocenters. The monoisotopic (exact) mass is 351 g/mol. The number of quaternary nitrogens is 1. The van der Waals surface area contributed by atoms with E-state index in [-0.39, 0.29) is 11.9 Å². The second-order valence-corrected chi connectivity index (χ2v) is 6.78. The van der Waals surface area contributed by atoms with Crippen molar-refractivity contribution in [1.82, 2.24) is 6.15 Å². The Labute approximate surface area is 141 Å². The number of carbonyl (C=O) groups excluding carboxylic acids is 1. The van der Waals surface area contributed by atoms with E-state index in [4.69, 9.17) is 4.74 Å². The minimum absolute atomic E-state index is 0. The molecule has 0 amide bonds. The smallest absolute Gasteiger partial charge is 0.343 e. The average Bonchev–Trinajstić information content (AvgIpc) is 2.46. The lowest BCUT2D eigenvalue weighted by Gasteiger charge is -2.19. The first-order valence-electron chi connectivity index (χ1n) is 6.97. The van der Waals surface area contributed by atoms with Gasteiger partial charge in [-0.05, 0) is 62.1 Å². The molecule has 2 aromatic rings. The van der Waals surface area contributed by atoms with Gasteiger partial charge in [0, 0.05) is 0 Å². The molecular formula is C17H21NO5S. The minimum atomic E-state index is -4.76. The van der Waals surface area contributed by atoms with Crippen LogP contribution in [0.2, 0.25) is 0 Å². The van der Waals surface area contributed by atoms with E-state index in [2.05, 4.69) is 0 Å². The molecule has 0 aliphatic carbocycles. The Balaban J connectivity index is 0.00000288. The summed E-state index contributed by atoms with van der Waals surface area (Å²) in [5, 5.41) is 0. The maximum absolute atomic E-state index is 12.3. The van der Waals surface area contributed by atoms with Gasteiger partial charge in [-0.2, -0.15) is 0 Å². The van der Waals surface area contributed by atoms with E-state index in [1.54, 1.807) is 52.0 Å². The normalized spacial score (nSPS) is 10.9. The second-order valence-electron chi connectivity index (χ2n) is 5.43. The van der Waals surface area contributed by atoms with Gasteiger partial charge in [-0.3, -0.25) is 0 Å². The predicted molar refractivity (Wildman–Crippen MR) is 90.7 cm³/mol. The standard InChI is InChI=1S/C17H18O5S.H3N/c1-10-7-5-6-8-14(10)17(18)22-16-13(4)12(3)11(2)9-15(16)23(19,20)21;/h5-9H,1-4H3,(H,19,20,21);1H3. The molecule has 6 nitrogen and oxygen atoms in total. The van der Waals surface area contributed by atoms with Gasteiger partial charge in [-0.25, -0.2) is 13.2 Å². The van der Waals surface area contributed by atoms with Crippen LogP contribution in [0.4, 0.5) is 0 Å². The average molecular weight is 351 g/mol. The molecule has 0 fully saturated rings. The second kappa shape index (κ2) is 7.12. The van der Waals surface area contributed by atoms with Crippen LogP contribution in [0.3, 0.4) is 0 Å². The Kier molecular flexibility index (Phi) is 5.89. The molecule has 4 N–H and O–H groups in total. The number of hydrogen-bond acceptors (Lipinski definition) is 5. The zero-order valence-electron chi connectivity index (χ0n) is 14.3. The number of hydrogen-bond donors (Lipinski definition) is 1. The summed E-state index contributed by atoms with van der Waals surface area (Å²) in [7, 11) is -4.76. The number of carbonyl (C=O) groups is 1. The van der Waals surface area contributed by atoms with Crippen molar-refractivity contribution < 1.29 is 22.5 Å². The van der Waals surface area contributed by atoms with Gasteiger partial charge >= 0.3 is 5.97 Å². The van der Waals surface area contributed by atoms with Crippen molar-refractivity contribution in [1.29, 1.82) is 0 Å². The highest BCUT2D eigenvalue weighted by Gasteiger charge is 2.21. The number of aryl methyl sites for hydroxylation is 2. The van der Waals surface area contributed by atoms with Gasteiger partial charge in [-0.1, -0.05) is 18.2 Å². The van der Waals surface area contributed by atoms with Crippen LogP contribution in [0.5, 0.6) is 5.75 Å². The first kappa shape index (κ1) is 19.8. The van der Waals surface area contributed by atoms with Crippen molar-refractivity contribution in [3.05, 3.63) is 58.1 Å². The van der Waals surface area contributed by atoms with Gasteiger partial charge in [0.05, 0.1) is 10.5 Å². The van der Waals surface area contributed by atoms with Crippen molar-refractivity contribution >= 4 is 16.1 Å². The van der Waals surface area contributed by atoms with Crippen molar-refractivity contribution in [2.75, 3.05) is 0 Å². The maximum Gasteiger partial charge on any atom is 0.343 e. The molecule has 0 bridgehead atoms. The van der Waals surface area contributed by atoms with Crippen molar-refractivity contribution in [3.63, 3.8) is 0 Å². The van der Waals surface area contributed by atoms with Gasteiger partial charge in [0.15, 0.2) is 5.75 Å². The molecule has 0 atom stereocenters. The maximum atomic E-state index is 12.3. The zero-order chi connectivity index (χ0) is 17.4. The predicted octanol–water partition coefficient (Wildman–Crippen LogP) is 3.42. The van der Waals surface area contributed by atoms with Crippen LogP contribution >= 0.6 is 0 Å². The number of ether oxygens (including phenoxy) is 1. The first-order valence-corrected chi connectivity index (χ1v) is 8.38.